The van der Waals surface area contributed by atoms with E-state index < -0.39 is 0 Å². The topological polar surface area (TPSA) is 29.3 Å². The van der Waals surface area contributed by atoms with Crippen molar-refractivity contribution in [3.8, 4) is 12.3 Å². The van der Waals surface area contributed by atoms with Crippen molar-refractivity contribution < 1.29 is 0 Å². The molecule has 2 nitrogen and oxygen atoms in total. The number of nitrogens with two attached hydrogens (primary N) is 1. The molecule has 1 atom stereocenters. The average Bonchev–Trinajstić information content (AvgIpc) is 2.04. The van der Waals surface area contributed by atoms with Crippen LogP contribution < -0.4 is 5.73 Å². The van der Waals surface area contributed by atoms with Gasteiger partial charge in [0.2, 0.25) is 0 Å². The molecule has 0 bridgehead atoms. The molecule has 0 amide bonds. The van der Waals surface area contributed by atoms with E-state index in [1.807, 2.05) is 7.05 Å². The van der Waals surface area contributed by atoms with Crippen molar-refractivity contribution in [2.45, 2.75) is 19.8 Å². The third-order valence-electron chi connectivity index (χ3n) is 2.00. The second-order valence-corrected chi connectivity index (χ2v) is 3.43. The van der Waals surface area contributed by atoms with Gasteiger partial charge in [-0.15, -0.1) is 6.42 Å². The van der Waals surface area contributed by atoms with Gasteiger partial charge < -0.3 is 5.73 Å². The first-order valence-electron chi connectivity index (χ1n) is 4.52. The third-order valence-corrected chi connectivity index (χ3v) is 2.00. The normalized spacial score (nSPS) is 12.9. The van der Waals surface area contributed by atoms with Crippen molar-refractivity contribution in [1.29, 1.82) is 0 Å². The largest absolute Gasteiger partial charge is 0.330 e. The summed E-state index contributed by atoms with van der Waals surface area (Å²) < 4.78 is 0. The number of nitrogens with zero attached hydrogens (tertiary/aromatic N) is 1. The second-order valence-electron chi connectivity index (χ2n) is 3.43. The van der Waals surface area contributed by atoms with Gasteiger partial charge in [-0.3, -0.25) is 4.90 Å². The summed E-state index contributed by atoms with van der Waals surface area (Å²) in [4.78, 5) is 2.16. The van der Waals surface area contributed by atoms with E-state index in [-0.39, 0.29) is 0 Å². The summed E-state index contributed by atoms with van der Waals surface area (Å²) in [6, 6.07) is 0. The number of terminal acetylenes is 1. The molecule has 0 aromatic carbocycles. The summed E-state index contributed by atoms with van der Waals surface area (Å²) in [5, 5.41) is 0. The van der Waals surface area contributed by atoms with Gasteiger partial charge in [-0.25, -0.2) is 0 Å². The number of hydrogen-bond acceptors (Lipinski definition) is 2. The van der Waals surface area contributed by atoms with Crippen LogP contribution in [0.15, 0.2) is 0 Å². The summed E-state index contributed by atoms with van der Waals surface area (Å²) in [7, 11) is 2.05. The molecule has 0 radical (unpaired) electrons. The van der Waals surface area contributed by atoms with Crippen LogP contribution in [0.5, 0.6) is 0 Å². The summed E-state index contributed by atoms with van der Waals surface area (Å²) >= 11 is 0. The molecule has 2 N–H and O–H groups in total. The van der Waals surface area contributed by atoms with E-state index in [1.54, 1.807) is 0 Å². The molecule has 0 aliphatic carbocycles. The first-order valence-corrected chi connectivity index (χ1v) is 4.52. The predicted octanol–water partition coefficient (Wildman–Crippen LogP) is 0.926. The minimum atomic E-state index is 0.643. The molecular formula is C10H20N2. The van der Waals surface area contributed by atoms with Crippen molar-refractivity contribution in [3.63, 3.8) is 0 Å². The van der Waals surface area contributed by atoms with Gasteiger partial charge in [0.05, 0.1) is 6.54 Å². The van der Waals surface area contributed by atoms with Gasteiger partial charge in [0.25, 0.3) is 0 Å². The zero-order valence-corrected chi connectivity index (χ0v) is 8.21. The fourth-order valence-corrected chi connectivity index (χ4v) is 1.06. The lowest BCUT2D eigenvalue weighted by Crippen LogP contribution is -2.21. The van der Waals surface area contributed by atoms with Crippen LogP contribution in [0.3, 0.4) is 0 Å². The lowest BCUT2D eigenvalue weighted by Gasteiger charge is -2.14. The first-order chi connectivity index (χ1) is 5.70. The van der Waals surface area contributed by atoms with E-state index in [2.05, 4.69) is 17.7 Å². The van der Waals surface area contributed by atoms with Crippen LogP contribution in [0.1, 0.15) is 19.8 Å². The molecule has 1 unspecified atom stereocenters. The third kappa shape index (κ3) is 6.21. The van der Waals surface area contributed by atoms with Crippen molar-refractivity contribution in [3.05, 3.63) is 0 Å². The minimum Gasteiger partial charge on any atom is -0.330 e. The SMILES string of the molecule is C#CCN(C)CCCC(C)CN. The van der Waals surface area contributed by atoms with Crippen molar-refractivity contribution in [1.82, 2.24) is 4.90 Å². The lowest BCUT2D eigenvalue weighted by atomic mass is 10.1. The van der Waals surface area contributed by atoms with E-state index >= 15 is 0 Å². The molecule has 0 aliphatic rings. The number of hydrogen-bond donors (Lipinski definition) is 1. The highest BCUT2D eigenvalue weighted by molar-refractivity contribution is 4.86. The molecule has 2 heteroatoms. The molecule has 0 saturated carbocycles. The quantitative estimate of drug-likeness (QED) is 0.598. The lowest BCUT2D eigenvalue weighted by molar-refractivity contribution is 0.349. The van der Waals surface area contributed by atoms with Crippen LogP contribution in [0.2, 0.25) is 0 Å². The highest BCUT2D eigenvalue weighted by Crippen LogP contribution is 2.03. The average molecular weight is 168 g/mol. The molecule has 0 aromatic rings. The van der Waals surface area contributed by atoms with Crippen molar-refractivity contribution in [2.75, 3.05) is 26.7 Å². The van der Waals surface area contributed by atoms with Crippen LogP contribution in [0.4, 0.5) is 0 Å². The molecule has 0 aliphatic heterocycles. The predicted molar refractivity (Wildman–Crippen MR) is 53.8 cm³/mol. The Bertz CT molecular complexity index is 137. The molecule has 12 heavy (non-hydrogen) atoms. The molecule has 0 fully saturated rings. The van der Waals surface area contributed by atoms with E-state index in [0.717, 1.165) is 19.6 Å². The zero-order chi connectivity index (χ0) is 9.40. The van der Waals surface area contributed by atoms with E-state index in [0.29, 0.717) is 5.92 Å². The molecule has 0 aromatic heterocycles. The van der Waals surface area contributed by atoms with E-state index in [9.17, 15) is 0 Å². The first kappa shape index (κ1) is 11.5. The van der Waals surface area contributed by atoms with E-state index in [1.165, 1.54) is 12.8 Å². The summed E-state index contributed by atoms with van der Waals surface area (Å²) in [6.45, 7) is 4.80. The van der Waals surface area contributed by atoms with Crippen LogP contribution in [-0.4, -0.2) is 31.6 Å². The van der Waals surface area contributed by atoms with Gasteiger partial charge in [0, 0.05) is 0 Å². The highest BCUT2D eigenvalue weighted by Gasteiger charge is 2.00. The maximum atomic E-state index is 5.50. The fourth-order valence-electron chi connectivity index (χ4n) is 1.06. The van der Waals surface area contributed by atoms with Gasteiger partial charge in [0.15, 0.2) is 0 Å². The van der Waals surface area contributed by atoms with Gasteiger partial charge in [-0.05, 0) is 38.9 Å². The molecule has 70 valence electrons. The van der Waals surface area contributed by atoms with Crippen LogP contribution in [0, 0.1) is 18.3 Å². The van der Waals surface area contributed by atoms with Gasteiger partial charge in [0.1, 0.15) is 0 Å². The molecule has 0 heterocycles. The number of rotatable bonds is 6. The van der Waals surface area contributed by atoms with Crippen molar-refractivity contribution >= 4 is 0 Å². The minimum absolute atomic E-state index is 0.643. The van der Waals surface area contributed by atoms with Gasteiger partial charge >= 0.3 is 0 Å². The Morgan fingerprint density at radius 1 is 1.58 bits per heavy atom. The molecule has 0 saturated heterocycles. The smallest absolute Gasteiger partial charge is 0.0596 e. The molecular weight excluding hydrogens is 148 g/mol. The maximum Gasteiger partial charge on any atom is 0.0596 e. The summed E-state index contributed by atoms with van der Waals surface area (Å²) in [6.07, 6.45) is 7.57. The summed E-state index contributed by atoms with van der Waals surface area (Å²) in [5.74, 6) is 3.26. The van der Waals surface area contributed by atoms with Gasteiger partial charge in [-0.2, -0.15) is 0 Å². The summed E-state index contributed by atoms with van der Waals surface area (Å²) in [5.41, 5.74) is 5.50. The Balaban J connectivity index is 3.25. The highest BCUT2D eigenvalue weighted by atomic mass is 15.1. The Kier molecular flexibility index (Phi) is 6.84. The van der Waals surface area contributed by atoms with Gasteiger partial charge in [-0.1, -0.05) is 12.8 Å². The zero-order valence-electron chi connectivity index (χ0n) is 8.21. The maximum absolute atomic E-state index is 5.50. The van der Waals surface area contributed by atoms with Crippen LogP contribution in [0.25, 0.3) is 0 Å². The van der Waals surface area contributed by atoms with E-state index in [4.69, 9.17) is 12.2 Å². The van der Waals surface area contributed by atoms with Crippen molar-refractivity contribution in [2.24, 2.45) is 11.7 Å². The molecule has 0 rings (SSSR count). The Morgan fingerprint density at radius 2 is 2.25 bits per heavy atom. The second kappa shape index (κ2) is 7.15. The fraction of sp³-hybridized carbons (Fsp3) is 0.800. The van der Waals surface area contributed by atoms with Crippen LogP contribution >= 0.6 is 0 Å². The standard InChI is InChI=1S/C10H20N2/c1-4-7-12(3)8-5-6-10(2)9-11/h1,10H,5-9,11H2,2-3H3. The Hall–Kier alpha value is -0.520. The Labute approximate surface area is 76.1 Å². The monoisotopic (exact) mass is 168 g/mol. The Morgan fingerprint density at radius 3 is 2.75 bits per heavy atom. The van der Waals surface area contributed by atoms with Crippen LogP contribution in [-0.2, 0) is 0 Å². The molecule has 0 spiro atoms.